The van der Waals surface area contributed by atoms with Gasteiger partial charge in [0.15, 0.2) is 0 Å². The summed E-state index contributed by atoms with van der Waals surface area (Å²) in [6.45, 7) is 0. The molecule has 82 valence electrons. The molecule has 1 aromatic heterocycles. The highest BCUT2D eigenvalue weighted by Gasteiger charge is 2.45. The standard InChI is InChI=1S/C11H14Br2N2/c12-9-7-10(13)15(14-9)8-1-3-11(4-2-8)5-6-11/h7-8H,1-6H2. The predicted molar refractivity (Wildman–Crippen MR) is 66.8 cm³/mol. The molecule has 1 spiro atoms. The molecule has 0 aromatic carbocycles. The Balaban J connectivity index is 1.75. The number of halogens is 2. The lowest BCUT2D eigenvalue weighted by molar-refractivity contribution is 0.242. The second-order valence-electron chi connectivity index (χ2n) is 4.97. The van der Waals surface area contributed by atoms with Gasteiger partial charge < -0.3 is 0 Å². The smallest absolute Gasteiger partial charge is 0.129 e. The highest BCUT2D eigenvalue weighted by Crippen LogP contribution is 2.57. The van der Waals surface area contributed by atoms with Crippen LogP contribution in [-0.4, -0.2) is 9.78 Å². The van der Waals surface area contributed by atoms with E-state index in [0.29, 0.717) is 6.04 Å². The summed E-state index contributed by atoms with van der Waals surface area (Å²) in [6.07, 6.45) is 8.36. The van der Waals surface area contributed by atoms with Crippen LogP contribution in [0.4, 0.5) is 0 Å². The van der Waals surface area contributed by atoms with E-state index < -0.39 is 0 Å². The second-order valence-corrected chi connectivity index (χ2v) is 6.59. The Morgan fingerprint density at radius 3 is 2.33 bits per heavy atom. The molecule has 0 amide bonds. The zero-order valence-corrected chi connectivity index (χ0v) is 11.7. The van der Waals surface area contributed by atoms with Gasteiger partial charge in [0.05, 0.1) is 6.04 Å². The van der Waals surface area contributed by atoms with Crippen LogP contribution in [0.1, 0.15) is 44.6 Å². The van der Waals surface area contributed by atoms with Crippen LogP contribution in [0.3, 0.4) is 0 Å². The molecular weight excluding hydrogens is 320 g/mol. The zero-order chi connectivity index (χ0) is 10.5. The van der Waals surface area contributed by atoms with Crippen LogP contribution < -0.4 is 0 Å². The van der Waals surface area contributed by atoms with Gasteiger partial charge in [-0.1, -0.05) is 0 Å². The molecule has 4 heteroatoms. The fourth-order valence-corrected chi connectivity index (χ4v) is 4.02. The van der Waals surface area contributed by atoms with E-state index in [1.807, 2.05) is 6.07 Å². The summed E-state index contributed by atoms with van der Waals surface area (Å²) in [7, 11) is 0. The first-order valence-electron chi connectivity index (χ1n) is 5.59. The van der Waals surface area contributed by atoms with Gasteiger partial charge in [0, 0.05) is 6.07 Å². The van der Waals surface area contributed by atoms with Gasteiger partial charge in [-0.05, 0) is 75.8 Å². The van der Waals surface area contributed by atoms with Crippen LogP contribution in [0.25, 0.3) is 0 Å². The number of hydrogen-bond acceptors (Lipinski definition) is 1. The molecule has 0 aliphatic heterocycles. The Hall–Kier alpha value is 0.170. The van der Waals surface area contributed by atoms with E-state index in [1.165, 1.54) is 38.5 Å². The molecule has 2 aliphatic carbocycles. The molecule has 0 atom stereocenters. The number of aromatic nitrogens is 2. The van der Waals surface area contributed by atoms with Crippen molar-refractivity contribution in [1.29, 1.82) is 0 Å². The Labute approximate surface area is 107 Å². The molecule has 2 saturated carbocycles. The van der Waals surface area contributed by atoms with Crippen molar-refractivity contribution >= 4 is 31.9 Å². The lowest BCUT2D eigenvalue weighted by atomic mass is 9.83. The summed E-state index contributed by atoms with van der Waals surface area (Å²) in [4.78, 5) is 0. The SMILES string of the molecule is Brc1cc(Br)n(C2CCC3(CC2)CC3)n1. The fourth-order valence-electron chi connectivity index (χ4n) is 2.74. The largest absolute Gasteiger partial charge is 0.254 e. The maximum absolute atomic E-state index is 4.49. The normalized spacial score (nSPS) is 24.7. The first-order valence-corrected chi connectivity index (χ1v) is 7.18. The van der Waals surface area contributed by atoms with E-state index in [-0.39, 0.29) is 0 Å². The lowest BCUT2D eigenvalue weighted by Crippen LogP contribution is -2.19. The average Bonchev–Trinajstić information content (AvgIpc) is 2.87. The first-order chi connectivity index (χ1) is 7.19. The Morgan fingerprint density at radius 1 is 1.20 bits per heavy atom. The van der Waals surface area contributed by atoms with Gasteiger partial charge in [0.25, 0.3) is 0 Å². The number of hydrogen-bond donors (Lipinski definition) is 0. The summed E-state index contributed by atoms with van der Waals surface area (Å²) in [5.74, 6) is 0. The highest BCUT2D eigenvalue weighted by molar-refractivity contribution is 9.11. The fraction of sp³-hybridized carbons (Fsp3) is 0.727. The van der Waals surface area contributed by atoms with Gasteiger partial charge in [-0.15, -0.1) is 0 Å². The topological polar surface area (TPSA) is 17.8 Å². The molecule has 2 nitrogen and oxygen atoms in total. The molecule has 0 N–H and O–H groups in total. The quantitative estimate of drug-likeness (QED) is 0.749. The van der Waals surface area contributed by atoms with Crippen LogP contribution in [0.2, 0.25) is 0 Å². The third-order valence-corrected chi connectivity index (χ3v) is 4.96. The van der Waals surface area contributed by atoms with Crippen LogP contribution in [0.15, 0.2) is 15.3 Å². The molecule has 3 rings (SSSR count). The van der Waals surface area contributed by atoms with Gasteiger partial charge in [-0.2, -0.15) is 5.10 Å². The zero-order valence-electron chi connectivity index (χ0n) is 8.55. The van der Waals surface area contributed by atoms with Crippen LogP contribution in [-0.2, 0) is 0 Å². The molecule has 0 bridgehead atoms. The lowest BCUT2D eigenvalue weighted by Gasteiger charge is -2.29. The van der Waals surface area contributed by atoms with Crippen molar-refractivity contribution in [2.24, 2.45) is 5.41 Å². The van der Waals surface area contributed by atoms with Crippen molar-refractivity contribution < 1.29 is 0 Å². The minimum Gasteiger partial charge on any atom is -0.254 e. The first kappa shape index (κ1) is 10.3. The van der Waals surface area contributed by atoms with Crippen LogP contribution in [0.5, 0.6) is 0 Å². The number of rotatable bonds is 1. The molecule has 2 aliphatic rings. The maximum Gasteiger partial charge on any atom is 0.129 e. The van der Waals surface area contributed by atoms with Gasteiger partial charge in [-0.3, -0.25) is 4.68 Å². The molecule has 0 saturated heterocycles. The Bertz CT molecular complexity index is 372. The van der Waals surface area contributed by atoms with Crippen LogP contribution >= 0.6 is 31.9 Å². The Kier molecular flexibility index (Phi) is 2.47. The van der Waals surface area contributed by atoms with E-state index in [2.05, 4.69) is 41.6 Å². The van der Waals surface area contributed by atoms with E-state index in [0.717, 1.165) is 14.6 Å². The van der Waals surface area contributed by atoms with Crippen molar-refractivity contribution in [2.45, 2.75) is 44.6 Å². The van der Waals surface area contributed by atoms with Crippen molar-refractivity contribution in [1.82, 2.24) is 9.78 Å². The summed E-state index contributed by atoms with van der Waals surface area (Å²) >= 11 is 6.99. The molecule has 0 unspecified atom stereocenters. The summed E-state index contributed by atoms with van der Waals surface area (Å²) < 4.78 is 4.17. The van der Waals surface area contributed by atoms with Crippen molar-refractivity contribution in [3.05, 3.63) is 15.3 Å². The molecule has 1 heterocycles. The third-order valence-electron chi connectivity index (χ3n) is 3.98. The van der Waals surface area contributed by atoms with E-state index in [4.69, 9.17) is 0 Å². The molecule has 1 aromatic rings. The molecular formula is C11H14Br2N2. The van der Waals surface area contributed by atoms with Gasteiger partial charge in [0.2, 0.25) is 0 Å². The van der Waals surface area contributed by atoms with Crippen molar-refractivity contribution in [3.63, 3.8) is 0 Å². The number of nitrogens with zero attached hydrogens (tertiary/aromatic N) is 2. The van der Waals surface area contributed by atoms with Gasteiger partial charge >= 0.3 is 0 Å². The molecule has 2 fully saturated rings. The highest BCUT2D eigenvalue weighted by atomic mass is 79.9. The van der Waals surface area contributed by atoms with Crippen molar-refractivity contribution in [2.75, 3.05) is 0 Å². The minimum absolute atomic E-state index is 0.608. The second kappa shape index (κ2) is 3.59. The predicted octanol–water partition coefficient (Wildman–Crippen LogP) is 4.30. The summed E-state index contributed by atoms with van der Waals surface area (Å²) in [5, 5.41) is 4.49. The summed E-state index contributed by atoms with van der Waals surface area (Å²) in [5.41, 5.74) is 0.771. The Morgan fingerprint density at radius 2 is 1.87 bits per heavy atom. The maximum atomic E-state index is 4.49. The minimum atomic E-state index is 0.608. The molecule has 15 heavy (non-hydrogen) atoms. The van der Waals surface area contributed by atoms with Gasteiger partial charge in [-0.25, -0.2) is 0 Å². The van der Waals surface area contributed by atoms with Crippen LogP contribution in [0, 0.1) is 5.41 Å². The van der Waals surface area contributed by atoms with E-state index in [9.17, 15) is 0 Å². The van der Waals surface area contributed by atoms with Gasteiger partial charge in [0.1, 0.15) is 9.21 Å². The van der Waals surface area contributed by atoms with E-state index in [1.54, 1.807) is 0 Å². The summed E-state index contributed by atoms with van der Waals surface area (Å²) in [6, 6.07) is 2.64. The monoisotopic (exact) mass is 332 g/mol. The van der Waals surface area contributed by atoms with Crippen molar-refractivity contribution in [3.8, 4) is 0 Å². The average molecular weight is 334 g/mol. The van der Waals surface area contributed by atoms with E-state index >= 15 is 0 Å². The third kappa shape index (κ3) is 1.91. The molecule has 0 radical (unpaired) electrons.